The zero-order valence-corrected chi connectivity index (χ0v) is 18.5. The fourth-order valence-electron chi connectivity index (χ4n) is 3.46. The number of rotatable bonds is 6. The van der Waals surface area contributed by atoms with Crippen molar-refractivity contribution in [2.45, 2.75) is 29.5 Å². The highest BCUT2D eigenvalue weighted by molar-refractivity contribution is 8.01. The average Bonchev–Trinajstić information content (AvgIpc) is 3.32. The van der Waals surface area contributed by atoms with Crippen LogP contribution in [-0.2, 0) is 14.4 Å². The summed E-state index contributed by atoms with van der Waals surface area (Å²) in [6.07, 6.45) is 0. The first-order chi connectivity index (χ1) is 13.8. The number of quaternary nitrogens is 1. The Labute approximate surface area is 181 Å². The molecule has 10 nitrogen and oxygen atoms in total. The van der Waals surface area contributed by atoms with Gasteiger partial charge in [0, 0.05) is 29.4 Å². The number of carboxylic acid groups (broad SMARTS) is 1. The molecular weight excluding hydrogens is 456 g/mol. The second kappa shape index (κ2) is 7.75. The number of aromatic nitrogens is 4. The van der Waals surface area contributed by atoms with Gasteiger partial charge in [0.25, 0.3) is 11.6 Å². The standard InChI is InChI=1S/C15H14N6O4S4/c1-6(22)19-21-11(14(24)25)8(4-27-15-18-16-7(2)29-15)3-26-13(21)10(12(21)23)9-5-28-20-17-9/h5,10,13H,3-4H2,1-2H3,(H-,19,22,24,25)/p+1/t10?,13-,21?/m0/s1. The molecule has 0 radical (unpaired) electrons. The van der Waals surface area contributed by atoms with Crippen molar-refractivity contribution in [2.24, 2.45) is 0 Å². The summed E-state index contributed by atoms with van der Waals surface area (Å²) >= 11 is 5.35. The molecule has 2 aliphatic heterocycles. The first-order valence-corrected chi connectivity index (χ1v) is 12.0. The van der Waals surface area contributed by atoms with Gasteiger partial charge in [-0.15, -0.1) is 19.9 Å². The monoisotopic (exact) mass is 471 g/mol. The van der Waals surface area contributed by atoms with Crippen LogP contribution in [0.4, 0.5) is 0 Å². The average molecular weight is 472 g/mol. The lowest BCUT2D eigenvalue weighted by Gasteiger charge is -2.52. The van der Waals surface area contributed by atoms with Gasteiger partial charge in [-0.3, -0.25) is 4.79 Å². The molecule has 0 bridgehead atoms. The van der Waals surface area contributed by atoms with Crippen molar-refractivity contribution >= 4 is 64.2 Å². The van der Waals surface area contributed by atoms with E-state index >= 15 is 0 Å². The largest absolute Gasteiger partial charge is 0.474 e. The van der Waals surface area contributed by atoms with Gasteiger partial charge < -0.3 is 5.11 Å². The molecule has 4 rings (SSSR count). The molecule has 2 aliphatic rings. The molecule has 152 valence electrons. The van der Waals surface area contributed by atoms with Crippen molar-refractivity contribution < 1.29 is 24.1 Å². The van der Waals surface area contributed by atoms with Crippen LogP contribution >= 0.6 is 46.4 Å². The van der Waals surface area contributed by atoms with Crippen LogP contribution < -0.4 is 5.43 Å². The van der Waals surface area contributed by atoms with Gasteiger partial charge in [0.05, 0.1) is 5.69 Å². The molecule has 0 aromatic carbocycles. The Morgan fingerprint density at radius 3 is 2.76 bits per heavy atom. The molecule has 4 heterocycles. The van der Waals surface area contributed by atoms with Crippen LogP contribution in [0.25, 0.3) is 0 Å². The molecule has 2 aromatic heterocycles. The Balaban J connectivity index is 1.72. The lowest BCUT2D eigenvalue weighted by atomic mass is 9.91. The fraction of sp³-hybridized carbons (Fsp3) is 0.400. The highest BCUT2D eigenvalue weighted by Crippen LogP contribution is 2.53. The molecular formula is C15H15N6O4S4+. The van der Waals surface area contributed by atoms with E-state index in [-0.39, 0.29) is 5.70 Å². The molecule has 2 N–H and O–H groups in total. The van der Waals surface area contributed by atoms with E-state index in [1.165, 1.54) is 41.8 Å². The Bertz CT molecular complexity index is 1020. The summed E-state index contributed by atoms with van der Waals surface area (Å²) in [5.41, 5.74) is 3.60. The van der Waals surface area contributed by atoms with Crippen molar-refractivity contribution in [3.05, 3.63) is 27.4 Å². The van der Waals surface area contributed by atoms with Gasteiger partial charge in [0.2, 0.25) is 0 Å². The Morgan fingerprint density at radius 1 is 1.38 bits per heavy atom. The van der Waals surface area contributed by atoms with E-state index in [0.29, 0.717) is 22.8 Å². The quantitative estimate of drug-likeness (QED) is 0.361. The third-order valence-corrected chi connectivity index (χ3v) is 8.53. The molecule has 2 aromatic rings. The fourth-order valence-corrected chi connectivity index (χ4v) is 7.45. The van der Waals surface area contributed by atoms with Crippen LogP contribution in [0, 0.1) is 6.92 Å². The number of thioether (sulfide) groups is 2. The van der Waals surface area contributed by atoms with Gasteiger partial charge in [-0.1, -0.05) is 39.3 Å². The summed E-state index contributed by atoms with van der Waals surface area (Å²) in [7, 11) is 0. The van der Waals surface area contributed by atoms with Crippen LogP contribution in [0.2, 0.25) is 0 Å². The molecule has 29 heavy (non-hydrogen) atoms. The van der Waals surface area contributed by atoms with Gasteiger partial charge in [0.15, 0.2) is 15.6 Å². The molecule has 14 heteroatoms. The number of nitrogens with zero attached hydrogens (tertiary/aromatic N) is 5. The maximum Gasteiger partial charge on any atom is 0.393 e. The summed E-state index contributed by atoms with van der Waals surface area (Å²) in [5.74, 6) is -1.97. The predicted molar refractivity (Wildman–Crippen MR) is 108 cm³/mol. The first kappa shape index (κ1) is 20.4. The number of hydrogen-bond acceptors (Lipinski definition) is 11. The van der Waals surface area contributed by atoms with Crippen LogP contribution in [0.5, 0.6) is 0 Å². The highest BCUT2D eigenvalue weighted by Gasteiger charge is 2.72. The third-order valence-electron chi connectivity index (χ3n) is 4.51. The second-order valence-electron chi connectivity index (χ2n) is 6.37. The minimum atomic E-state index is -1.23. The molecule has 1 saturated heterocycles. The number of nitrogens with one attached hydrogen (secondary N) is 1. The smallest absolute Gasteiger partial charge is 0.393 e. The number of carbonyl (C=O) groups excluding carboxylic acids is 2. The van der Waals surface area contributed by atoms with Gasteiger partial charge in [-0.25, -0.2) is 9.59 Å². The minimum absolute atomic E-state index is 0.0953. The molecule has 3 atom stereocenters. The van der Waals surface area contributed by atoms with Crippen molar-refractivity contribution in [1.82, 2.24) is 25.2 Å². The van der Waals surface area contributed by atoms with Crippen LogP contribution in [0.15, 0.2) is 21.0 Å². The number of hydrogen-bond donors (Lipinski definition) is 2. The van der Waals surface area contributed by atoms with Crippen molar-refractivity contribution in [3.8, 4) is 0 Å². The van der Waals surface area contributed by atoms with E-state index in [1.807, 2.05) is 6.92 Å². The topological polar surface area (TPSA) is 135 Å². The molecule has 2 amide bonds. The van der Waals surface area contributed by atoms with Gasteiger partial charge in [-0.05, 0) is 18.5 Å². The summed E-state index contributed by atoms with van der Waals surface area (Å²) in [5, 5.41) is 24.0. The van der Waals surface area contributed by atoms with Crippen LogP contribution in [0.1, 0.15) is 23.5 Å². The number of aliphatic carboxylic acids is 1. The maximum absolute atomic E-state index is 13.2. The Morgan fingerprint density at radius 2 is 2.17 bits per heavy atom. The number of fused-ring (bicyclic) bond motifs is 1. The SMILES string of the molecule is CC(=O)N[N+]12C(=O)C(c3csnn3)[C@@H]1SCC(CSc1nnc(C)s1)=C2C(=O)O. The summed E-state index contributed by atoms with van der Waals surface area (Å²) in [6.45, 7) is 3.11. The van der Waals surface area contributed by atoms with E-state index in [4.69, 9.17) is 0 Å². The minimum Gasteiger partial charge on any atom is -0.474 e. The molecule has 2 unspecified atom stereocenters. The maximum atomic E-state index is 13.2. The lowest BCUT2D eigenvalue weighted by molar-refractivity contribution is -0.889. The number of carboxylic acids is 1. The lowest BCUT2D eigenvalue weighted by Crippen LogP contribution is -2.79. The highest BCUT2D eigenvalue weighted by atomic mass is 32.2. The molecule has 0 spiro atoms. The first-order valence-electron chi connectivity index (χ1n) is 8.34. The van der Waals surface area contributed by atoms with E-state index in [0.717, 1.165) is 20.9 Å². The second-order valence-corrected chi connectivity index (χ2v) is 10.5. The van der Waals surface area contributed by atoms with Gasteiger partial charge in [-0.2, -0.15) is 5.43 Å². The summed E-state index contributed by atoms with van der Waals surface area (Å²) < 4.78 is 3.82. The van der Waals surface area contributed by atoms with E-state index in [2.05, 4.69) is 25.2 Å². The van der Waals surface area contributed by atoms with Crippen LogP contribution in [0.3, 0.4) is 0 Å². The number of aryl methyl sites for hydroxylation is 1. The Kier molecular flexibility index (Phi) is 5.46. The zero-order chi connectivity index (χ0) is 20.8. The summed E-state index contributed by atoms with van der Waals surface area (Å²) in [4.78, 5) is 37.4. The molecule has 1 fully saturated rings. The normalized spacial score (nSPS) is 26.1. The molecule has 0 saturated carbocycles. The number of carbonyl (C=O) groups is 3. The van der Waals surface area contributed by atoms with Crippen molar-refractivity contribution in [3.63, 3.8) is 0 Å². The van der Waals surface area contributed by atoms with E-state index in [1.54, 1.807) is 5.38 Å². The van der Waals surface area contributed by atoms with E-state index in [9.17, 15) is 19.5 Å². The zero-order valence-electron chi connectivity index (χ0n) is 15.2. The van der Waals surface area contributed by atoms with Gasteiger partial charge in [0.1, 0.15) is 5.01 Å². The molecule has 0 aliphatic carbocycles. The predicted octanol–water partition coefficient (Wildman–Crippen LogP) is 1.39. The summed E-state index contributed by atoms with van der Waals surface area (Å²) in [6, 6.07) is 0. The van der Waals surface area contributed by atoms with Crippen molar-refractivity contribution in [1.29, 1.82) is 0 Å². The Hall–Kier alpha value is -1.87. The van der Waals surface area contributed by atoms with Crippen molar-refractivity contribution in [2.75, 3.05) is 11.5 Å². The van der Waals surface area contributed by atoms with Gasteiger partial charge >= 0.3 is 11.9 Å². The third kappa shape index (κ3) is 3.38. The van der Waals surface area contributed by atoms with E-state index < -0.39 is 33.7 Å². The van der Waals surface area contributed by atoms with Crippen LogP contribution in [-0.4, -0.2) is 64.1 Å². The number of amides is 2. The number of β-lactam (4-membered cyclic amide) rings is 1.